The molecule has 1 fully saturated rings. The Morgan fingerprint density at radius 3 is 2.56 bits per heavy atom. The van der Waals surface area contributed by atoms with Crippen LogP contribution in [0.1, 0.15) is 44.2 Å². The first kappa shape index (κ1) is 13.3. The van der Waals surface area contributed by atoms with Crippen molar-refractivity contribution in [3.05, 3.63) is 29.6 Å². The molecule has 1 aromatic rings. The first-order valence-electron chi connectivity index (χ1n) is 6.83. The largest absolute Gasteiger partial charge is 0.369 e. The molecule has 0 amide bonds. The molecule has 0 spiro atoms. The lowest BCUT2D eigenvalue weighted by atomic mass is 10.1. The minimum Gasteiger partial charge on any atom is -0.369 e. The third kappa shape index (κ3) is 2.66. The summed E-state index contributed by atoms with van der Waals surface area (Å²) < 4.78 is 14.2. The maximum absolute atomic E-state index is 14.2. The van der Waals surface area contributed by atoms with Gasteiger partial charge in [-0.15, -0.1) is 0 Å². The molecule has 1 saturated carbocycles. The number of benzene rings is 1. The Balaban J connectivity index is 2.18. The Morgan fingerprint density at radius 2 is 2.00 bits per heavy atom. The molecule has 0 radical (unpaired) electrons. The van der Waals surface area contributed by atoms with Crippen LogP contribution in [0.4, 0.5) is 10.1 Å². The van der Waals surface area contributed by atoms with Crippen LogP contribution in [0.3, 0.4) is 0 Å². The van der Waals surface area contributed by atoms with Crippen LogP contribution in [-0.4, -0.2) is 20.1 Å². The van der Waals surface area contributed by atoms with Crippen molar-refractivity contribution in [2.75, 3.05) is 19.0 Å². The molecular formula is C15H23FN2. The predicted molar refractivity (Wildman–Crippen MR) is 74.5 cm³/mol. The summed E-state index contributed by atoms with van der Waals surface area (Å²) in [7, 11) is 3.90. The van der Waals surface area contributed by atoms with Gasteiger partial charge in [-0.3, -0.25) is 0 Å². The van der Waals surface area contributed by atoms with E-state index in [2.05, 4.69) is 10.2 Å². The molecular weight excluding hydrogens is 227 g/mol. The van der Waals surface area contributed by atoms with Crippen molar-refractivity contribution < 1.29 is 4.39 Å². The van der Waals surface area contributed by atoms with Crippen LogP contribution in [0.25, 0.3) is 0 Å². The summed E-state index contributed by atoms with van der Waals surface area (Å²) in [6.07, 6.45) is 4.91. The van der Waals surface area contributed by atoms with Crippen molar-refractivity contribution in [1.82, 2.24) is 5.32 Å². The fourth-order valence-electron chi connectivity index (χ4n) is 2.73. The van der Waals surface area contributed by atoms with Gasteiger partial charge in [-0.2, -0.15) is 0 Å². The lowest BCUT2D eigenvalue weighted by molar-refractivity contribution is 0.586. The van der Waals surface area contributed by atoms with Crippen LogP contribution < -0.4 is 10.2 Å². The van der Waals surface area contributed by atoms with Crippen LogP contribution in [-0.2, 0) is 0 Å². The normalized spacial score (nSPS) is 18.0. The topological polar surface area (TPSA) is 15.3 Å². The van der Waals surface area contributed by atoms with Gasteiger partial charge < -0.3 is 10.2 Å². The second-order valence-electron chi connectivity index (χ2n) is 5.27. The molecule has 0 bridgehead atoms. The van der Waals surface area contributed by atoms with E-state index in [0.717, 1.165) is 11.3 Å². The molecule has 1 aliphatic carbocycles. The predicted octanol–water partition coefficient (Wildman–Crippen LogP) is 3.48. The zero-order chi connectivity index (χ0) is 13.1. The van der Waals surface area contributed by atoms with Gasteiger partial charge in [0.25, 0.3) is 0 Å². The third-order valence-corrected chi connectivity index (χ3v) is 4.16. The van der Waals surface area contributed by atoms with Gasteiger partial charge in [-0.25, -0.2) is 4.39 Å². The zero-order valence-electron chi connectivity index (χ0n) is 11.5. The van der Waals surface area contributed by atoms with E-state index in [9.17, 15) is 4.39 Å². The van der Waals surface area contributed by atoms with E-state index in [0.29, 0.717) is 6.04 Å². The van der Waals surface area contributed by atoms with E-state index in [1.807, 2.05) is 33.2 Å². The number of nitrogens with zero attached hydrogens (tertiary/aromatic N) is 1. The Labute approximate surface area is 109 Å². The van der Waals surface area contributed by atoms with Crippen molar-refractivity contribution in [2.24, 2.45) is 0 Å². The molecule has 0 saturated heterocycles. The number of hydrogen-bond acceptors (Lipinski definition) is 2. The molecule has 18 heavy (non-hydrogen) atoms. The first-order valence-corrected chi connectivity index (χ1v) is 6.83. The van der Waals surface area contributed by atoms with Gasteiger partial charge in [0.2, 0.25) is 0 Å². The minimum atomic E-state index is -0.107. The standard InChI is InChI=1S/C15H23FN2/c1-11(17-2)12-8-9-15(14(16)10-12)18(3)13-6-4-5-7-13/h8-11,13,17H,4-7H2,1-3H3. The summed E-state index contributed by atoms with van der Waals surface area (Å²) >= 11 is 0. The fourth-order valence-corrected chi connectivity index (χ4v) is 2.73. The summed E-state index contributed by atoms with van der Waals surface area (Å²) in [5, 5.41) is 3.13. The number of rotatable bonds is 4. The van der Waals surface area contributed by atoms with Crippen molar-refractivity contribution in [1.29, 1.82) is 0 Å². The van der Waals surface area contributed by atoms with Gasteiger partial charge in [0.05, 0.1) is 5.69 Å². The van der Waals surface area contributed by atoms with Crippen molar-refractivity contribution in [2.45, 2.75) is 44.7 Å². The van der Waals surface area contributed by atoms with E-state index >= 15 is 0 Å². The van der Waals surface area contributed by atoms with E-state index in [1.165, 1.54) is 25.7 Å². The summed E-state index contributed by atoms with van der Waals surface area (Å²) in [4.78, 5) is 2.11. The quantitative estimate of drug-likeness (QED) is 0.880. The van der Waals surface area contributed by atoms with E-state index < -0.39 is 0 Å². The molecule has 1 unspecified atom stereocenters. The van der Waals surface area contributed by atoms with Gasteiger partial charge >= 0.3 is 0 Å². The summed E-state index contributed by atoms with van der Waals surface area (Å²) in [6.45, 7) is 2.04. The highest BCUT2D eigenvalue weighted by atomic mass is 19.1. The fraction of sp³-hybridized carbons (Fsp3) is 0.600. The maximum atomic E-state index is 14.2. The molecule has 1 aliphatic rings. The highest BCUT2D eigenvalue weighted by molar-refractivity contribution is 5.50. The van der Waals surface area contributed by atoms with Gasteiger partial charge in [0.1, 0.15) is 5.82 Å². The van der Waals surface area contributed by atoms with Crippen LogP contribution in [0, 0.1) is 5.82 Å². The second kappa shape index (κ2) is 5.70. The van der Waals surface area contributed by atoms with Crippen LogP contribution in [0.2, 0.25) is 0 Å². The summed E-state index contributed by atoms with van der Waals surface area (Å²) in [5.74, 6) is -0.107. The second-order valence-corrected chi connectivity index (χ2v) is 5.27. The number of hydrogen-bond donors (Lipinski definition) is 1. The lowest BCUT2D eigenvalue weighted by Gasteiger charge is -2.27. The van der Waals surface area contributed by atoms with Gasteiger partial charge in [-0.05, 0) is 44.5 Å². The van der Waals surface area contributed by atoms with Crippen LogP contribution in [0.15, 0.2) is 18.2 Å². The number of nitrogens with one attached hydrogen (secondary N) is 1. The minimum absolute atomic E-state index is 0.107. The summed E-state index contributed by atoms with van der Waals surface area (Å²) in [6, 6.07) is 6.28. The van der Waals surface area contributed by atoms with Gasteiger partial charge in [0, 0.05) is 19.1 Å². The number of anilines is 1. The van der Waals surface area contributed by atoms with Gasteiger partial charge in [-0.1, -0.05) is 18.9 Å². The molecule has 1 aromatic carbocycles. The molecule has 1 atom stereocenters. The Morgan fingerprint density at radius 1 is 1.33 bits per heavy atom. The highest BCUT2D eigenvalue weighted by Gasteiger charge is 2.22. The molecule has 0 aromatic heterocycles. The smallest absolute Gasteiger partial charge is 0.146 e. The molecule has 100 valence electrons. The summed E-state index contributed by atoms with van der Waals surface area (Å²) in [5.41, 5.74) is 1.73. The molecule has 1 N–H and O–H groups in total. The molecule has 2 rings (SSSR count). The van der Waals surface area contributed by atoms with Gasteiger partial charge in [0.15, 0.2) is 0 Å². The van der Waals surface area contributed by atoms with Crippen molar-refractivity contribution in [3.8, 4) is 0 Å². The molecule has 3 heteroatoms. The Kier molecular flexibility index (Phi) is 4.23. The monoisotopic (exact) mass is 250 g/mol. The highest BCUT2D eigenvalue weighted by Crippen LogP contribution is 2.29. The third-order valence-electron chi connectivity index (χ3n) is 4.16. The molecule has 0 heterocycles. The molecule has 0 aliphatic heterocycles. The first-order chi connectivity index (χ1) is 8.63. The van der Waals surface area contributed by atoms with Crippen LogP contribution >= 0.6 is 0 Å². The van der Waals surface area contributed by atoms with Crippen molar-refractivity contribution in [3.63, 3.8) is 0 Å². The number of halogens is 1. The van der Waals surface area contributed by atoms with Crippen molar-refractivity contribution >= 4 is 5.69 Å². The Bertz CT molecular complexity index is 399. The average molecular weight is 250 g/mol. The van der Waals surface area contributed by atoms with E-state index in [1.54, 1.807) is 6.07 Å². The lowest BCUT2D eigenvalue weighted by Crippen LogP contribution is -2.29. The SMILES string of the molecule is CNC(C)c1ccc(N(C)C2CCCC2)c(F)c1. The maximum Gasteiger partial charge on any atom is 0.146 e. The van der Waals surface area contributed by atoms with E-state index in [4.69, 9.17) is 0 Å². The molecule has 2 nitrogen and oxygen atoms in total. The zero-order valence-corrected chi connectivity index (χ0v) is 11.5. The van der Waals surface area contributed by atoms with Crippen LogP contribution in [0.5, 0.6) is 0 Å². The van der Waals surface area contributed by atoms with E-state index in [-0.39, 0.29) is 11.9 Å². The average Bonchev–Trinajstić information content (AvgIpc) is 2.90. The Hall–Kier alpha value is -1.09.